The summed E-state index contributed by atoms with van der Waals surface area (Å²) in [6.07, 6.45) is 5.27. The van der Waals surface area contributed by atoms with Gasteiger partial charge in [0.2, 0.25) is 0 Å². The van der Waals surface area contributed by atoms with Gasteiger partial charge in [-0.2, -0.15) is 0 Å². The number of nitrogens with zero attached hydrogens (tertiary/aromatic N) is 2. The molecule has 5 rings (SSSR count). The Bertz CT molecular complexity index is 1370. The minimum absolute atomic E-state index is 0.0128. The first-order valence-corrected chi connectivity index (χ1v) is 13.5. The van der Waals surface area contributed by atoms with Crippen molar-refractivity contribution < 1.29 is 18.7 Å². The SMILES string of the molecule is CCCn1c(SCC2=C(C(=O)OCC)C(c3ccco3)NC(=O)N2)nc2sc3c(c2c1=O)CCC3. The van der Waals surface area contributed by atoms with Crippen molar-refractivity contribution in [2.45, 2.75) is 57.3 Å². The molecule has 1 aliphatic heterocycles. The van der Waals surface area contributed by atoms with Crippen LogP contribution in [0.3, 0.4) is 0 Å². The van der Waals surface area contributed by atoms with Gasteiger partial charge in [-0.15, -0.1) is 11.3 Å². The molecule has 3 aromatic heterocycles. The van der Waals surface area contributed by atoms with Crippen LogP contribution in [0.25, 0.3) is 10.2 Å². The van der Waals surface area contributed by atoms with Crippen molar-refractivity contribution in [3.05, 3.63) is 56.2 Å². The zero-order valence-corrected chi connectivity index (χ0v) is 21.1. The van der Waals surface area contributed by atoms with E-state index in [-0.39, 0.29) is 23.5 Å². The van der Waals surface area contributed by atoms with Crippen LogP contribution in [-0.2, 0) is 28.9 Å². The van der Waals surface area contributed by atoms with Crippen LogP contribution < -0.4 is 16.2 Å². The van der Waals surface area contributed by atoms with Gasteiger partial charge in [0.25, 0.3) is 5.56 Å². The summed E-state index contributed by atoms with van der Waals surface area (Å²) in [6.45, 7) is 4.48. The van der Waals surface area contributed by atoms with E-state index in [4.69, 9.17) is 14.1 Å². The molecule has 0 aromatic carbocycles. The molecule has 0 bridgehead atoms. The van der Waals surface area contributed by atoms with Crippen LogP contribution in [0.1, 0.15) is 48.9 Å². The second kappa shape index (κ2) is 9.90. The maximum absolute atomic E-state index is 13.5. The summed E-state index contributed by atoms with van der Waals surface area (Å²) in [5.41, 5.74) is 1.82. The number of aryl methyl sites for hydroxylation is 2. The fraction of sp³-hybridized carbons (Fsp3) is 0.417. The van der Waals surface area contributed by atoms with E-state index in [0.29, 0.717) is 23.2 Å². The van der Waals surface area contributed by atoms with Crippen LogP contribution in [0.4, 0.5) is 4.79 Å². The molecular formula is C24H26N4O5S2. The number of thioether (sulfide) groups is 1. The Morgan fingerprint density at radius 1 is 1.34 bits per heavy atom. The van der Waals surface area contributed by atoms with Gasteiger partial charge in [0.05, 0.1) is 23.8 Å². The van der Waals surface area contributed by atoms with E-state index in [1.807, 2.05) is 6.92 Å². The van der Waals surface area contributed by atoms with E-state index in [1.54, 1.807) is 35.0 Å². The maximum atomic E-state index is 13.5. The van der Waals surface area contributed by atoms with E-state index in [2.05, 4.69) is 10.6 Å². The number of amides is 2. The molecule has 1 aliphatic carbocycles. The van der Waals surface area contributed by atoms with Crippen molar-refractivity contribution in [1.29, 1.82) is 0 Å². The number of rotatable bonds is 8. The Morgan fingerprint density at radius 3 is 2.94 bits per heavy atom. The fourth-order valence-corrected chi connectivity index (χ4v) is 6.87. The van der Waals surface area contributed by atoms with Crippen LogP contribution in [0.5, 0.6) is 0 Å². The summed E-state index contributed by atoms with van der Waals surface area (Å²) >= 11 is 2.92. The molecule has 2 aliphatic rings. The summed E-state index contributed by atoms with van der Waals surface area (Å²) in [5.74, 6) is 0.118. The highest BCUT2D eigenvalue weighted by Crippen LogP contribution is 2.36. The highest BCUT2D eigenvalue weighted by Gasteiger charge is 2.35. The fourth-order valence-electron chi connectivity index (χ4n) is 4.58. The van der Waals surface area contributed by atoms with Crippen molar-refractivity contribution in [2.75, 3.05) is 12.4 Å². The quantitative estimate of drug-likeness (QED) is 0.266. The van der Waals surface area contributed by atoms with Gasteiger partial charge < -0.3 is 19.8 Å². The van der Waals surface area contributed by atoms with Gasteiger partial charge >= 0.3 is 12.0 Å². The summed E-state index contributed by atoms with van der Waals surface area (Å²) < 4.78 is 12.5. The number of furan rings is 1. The van der Waals surface area contributed by atoms with Gasteiger partial charge in [-0.1, -0.05) is 18.7 Å². The third-order valence-electron chi connectivity index (χ3n) is 6.06. The molecule has 2 N–H and O–H groups in total. The number of nitrogens with one attached hydrogen (secondary N) is 2. The Balaban J connectivity index is 1.54. The third kappa shape index (κ3) is 4.38. The van der Waals surface area contributed by atoms with Crippen LogP contribution in [0.2, 0.25) is 0 Å². The van der Waals surface area contributed by atoms with Gasteiger partial charge in [-0.05, 0) is 50.3 Å². The number of carbonyl (C=O) groups excluding carboxylic acids is 2. The maximum Gasteiger partial charge on any atom is 0.338 e. The standard InChI is InChI=1S/C24H26N4O5S2/c1-3-10-28-21(29)17-13-7-5-9-16(13)35-20(17)27-24(28)34-12-14-18(22(30)32-4-2)19(26-23(31)25-14)15-8-6-11-33-15/h6,8,11,19H,3-5,7,9-10,12H2,1-2H3,(H2,25,26,31). The molecule has 11 heteroatoms. The molecule has 1 atom stereocenters. The van der Waals surface area contributed by atoms with Crippen LogP contribution in [-0.4, -0.2) is 33.9 Å². The van der Waals surface area contributed by atoms with E-state index in [0.717, 1.165) is 41.5 Å². The largest absolute Gasteiger partial charge is 0.467 e. The first kappa shape index (κ1) is 23.7. The number of urea groups is 1. The van der Waals surface area contributed by atoms with Gasteiger partial charge in [-0.25, -0.2) is 14.6 Å². The number of hydrogen-bond acceptors (Lipinski definition) is 8. The number of ether oxygens (including phenoxy) is 1. The Kier molecular flexibility index (Phi) is 6.70. The number of thiophene rings is 1. The Hall–Kier alpha value is -3.05. The highest BCUT2D eigenvalue weighted by molar-refractivity contribution is 7.99. The Morgan fingerprint density at radius 2 is 2.20 bits per heavy atom. The van der Waals surface area contributed by atoms with Crippen molar-refractivity contribution in [1.82, 2.24) is 20.2 Å². The zero-order chi connectivity index (χ0) is 24.5. The lowest BCUT2D eigenvalue weighted by Crippen LogP contribution is -2.46. The van der Waals surface area contributed by atoms with Crippen molar-refractivity contribution in [3.63, 3.8) is 0 Å². The summed E-state index contributed by atoms with van der Waals surface area (Å²) in [4.78, 5) is 45.7. The van der Waals surface area contributed by atoms with E-state index in [1.165, 1.54) is 22.9 Å². The summed E-state index contributed by atoms with van der Waals surface area (Å²) in [5, 5.41) is 6.82. The van der Waals surface area contributed by atoms with Crippen LogP contribution >= 0.6 is 23.1 Å². The molecule has 1 unspecified atom stereocenters. The molecule has 0 radical (unpaired) electrons. The molecule has 0 saturated carbocycles. The lowest BCUT2D eigenvalue weighted by Gasteiger charge is -2.27. The van der Waals surface area contributed by atoms with Crippen LogP contribution in [0.15, 0.2) is 44.0 Å². The van der Waals surface area contributed by atoms with Gasteiger partial charge in [0.1, 0.15) is 16.6 Å². The van der Waals surface area contributed by atoms with Gasteiger partial charge in [0.15, 0.2) is 5.16 Å². The second-order valence-electron chi connectivity index (χ2n) is 8.34. The smallest absolute Gasteiger partial charge is 0.338 e. The molecule has 9 nitrogen and oxygen atoms in total. The third-order valence-corrected chi connectivity index (χ3v) is 8.25. The van der Waals surface area contributed by atoms with Gasteiger partial charge in [0, 0.05) is 22.9 Å². The molecule has 3 aromatic rings. The lowest BCUT2D eigenvalue weighted by atomic mass is 10.0. The second-order valence-corrected chi connectivity index (χ2v) is 10.4. The molecule has 184 valence electrons. The van der Waals surface area contributed by atoms with E-state index in [9.17, 15) is 14.4 Å². The Labute approximate surface area is 209 Å². The molecule has 0 fully saturated rings. The highest BCUT2D eigenvalue weighted by atomic mass is 32.2. The minimum Gasteiger partial charge on any atom is -0.467 e. The van der Waals surface area contributed by atoms with Crippen molar-refractivity contribution in [2.24, 2.45) is 0 Å². The number of aromatic nitrogens is 2. The first-order valence-electron chi connectivity index (χ1n) is 11.7. The molecule has 35 heavy (non-hydrogen) atoms. The monoisotopic (exact) mass is 514 g/mol. The number of fused-ring (bicyclic) bond motifs is 3. The zero-order valence-electron chi connectivity index (χ0n) is 19.5. The predicted molar refractivity (Wildman–Crippen MR) is 134 cm³/mol. The number of carbonyl (C=O) groups is 2. The predicted octanol–water partition coefficient (Wildman–Crippen LogP) is 3.91. The van der Waals surface area contributed by atoms with Crippen molar-refractivity contribution >= 4 is 45.3 Å². The normalized spacial score (nSPS) is 17.4. The number of esters is 1. The van der Waals surface area contributed by atoms with Crippen molar-refractivity contribution in [3.8, 4) is 0 Å². The molecule has 4 heterocycles. The first-order chi connectivity index (χ1) is 17.0. The average molecular weight is 515 g/mol. The summed E-state index contributed by atoms with van der Waals surface area (Å²) in [7, 11) is 0. The van der Waals surface area contributed by atoms with Crippen LogP contribution in [0, 0.1) is 0 Å². The van der Waals surface area contributed by atoms with E-state index >= 15 is 0 Å². The average Bonchev–Trinajstić information content (AvgIpc) is 3.57. The van der Waals surface area contributed by atoms with E-state index < -0.39 is 18.0 Å². The molecular weight excluding hydrogens is 488 g/mol. The summed E-state index contributed by atoms with van der Waals surface area (Å²) in [6, 6.07) is 2.17. The molecule has 0 saturated heterocycles. The lowest BCUT2D eigenvalue weighted by molar-refractivity contribution is -0.139. The number of hydrogen-bond donors (Lipinski definition) is 2. The van der Waals surface area contributed by atoms with Gasteiger partial charge in [-0.3, -0.25) is 9.36 Å². The molecule has 0 spiro atoms. The topological polar surface area (TPSA) is 115 Å². The molecule has 2 amide bonds. The minimum atomic E-state index is -0.776.